The van der Waals surface area contributed by atoms with E-state index in [0.29, 0.717) is 9.39 Å². The van der Waals surface area contributed by atoms with Gasteiger partial charge in [-0.15, -0.1) is 11.6 Å². The van der Waals surface area contributed by atoms with Crippen LogP contribution in [0.1, 0.15) is 13.3 Å². The van der Waals surface area contributed by atoms with Gasteiger partial charge in [-0.05, 0) is 35.9 Å². The predicted octanol–water partition coefficient (Wildman–Crippen LogP) is 1.83. The SMILES string of the molecule is CC(Cl)CCN(C)c1nc[nH]c(=O)c1I. The van der Waals surface area contributed by atoms with E-state index in [-0.39, 0.29) is 10.9 Å². The standard InChI is InChI=1S/C9H13ClIN3O/c1-6(10)3-4-14(2)8-7(11)9(15)13-5-12-8/h5-6H,3-4H2,1-2H3,(H,12,13,15). The Hall–Kier alpha value is -0.300. The summed E-state index contributed by atoms with van der Waals surface area (Å²) in [4.78, 5) is 19.9. The maximum absolute atomic E-state index is 11.3. The molecule has 0 aliphatic rings. The molecule has 0 aliphatic heterocycles. The van der Waals surface area contributed by atoms with Gasteiger partial charge in [0.15, 0.2) is 0 Å². The van der Waals surface area contributed by atoms with Gasteiger partial charge in [0.2, 0.25) is 0 Å². The third-order valence-electron chi connectivity index (χ3n) is 2.00. The van der Waals surface area contributed by atoms with Crippen LogP contribution in [-0.2, 0) is 0 Å². The molecular formula is C9H13ClIN3O. The van der Waals surface area contributed by atoms with E-state index in [9.17, 15) is 4.79 Å². The normalized spacial score (nSPS) is 12.5. The Morgan fingerprint density at radius 3 is 3.00 bits per heavy atom. The molecule has 0 fully saturated rings. The number of nitrogens with zero attached hydrogens (tertiary/aromatic N) is 2. The van der Waals surface area contributed by atoms with Gasteiger partial charge in [0.05, 0.1) is 6.33 Å². The van der Waals surface area contributed by atoms with Crippen LogP contribution in [0.25, 0.3) is 0 Å². The molecule has 0 amide bonds. The topological polar surface area (TPSA) is 49.0 Å². The van der Waals surface area contributed by atoms with E-state index in [0.717, 1.165) is 13.0 Å². The molecule has 0 saturated carbocycles. The van der Waals surface area contributed by atoms with Crippen molar-refractivity contribution in [1.29, 1.82) is 0 Å². The zero-order chi connectivity index (χ0) is 11.4. The van der Waals surface area contributed by atoms with E-state index in [4.69, 9.17) is 11.6 Å². The summed E-state index contributed by atoms with van der Waals surface area (Å²) in [6, 6.07) is 0. The highest BCUT2D eigenvalue weighted by Gasteiger charge is 2.10. The van der Waals surface area contributed by atoms with Crippen LogP contribution in [0.3, 0.4) is 0 Å². The highest BCUT2D eigenvalue weighted by molar-refractivity contribution is 14.1. The first-order valence-electron chi connectivity index (χ1n) is 4.60. The summed E-state index contributed by atoms with van der Waals surface area (Å²) in [5.41, 5.74) is -0.105. The lowest BCUT2D eigenvalue weighted by atomic mass is 10.3. The fraction of sp³-hybridized carbons (Fsp3) is 0.556. The number of H-pyrrole nitrogens is 1. The third-order valence-corrected chi connectivity index (χ3v) is 3.19. The van der Waals surface area contributed by atoms with Crippen LogP contribution in [0.5, 0.6) is 0 Å². The zero-order valence-corrected chi connectivity index (χ0v) is 11.5. The molecule has 84 valence electrons. The minimum absolute atomic E-state index is 0.105. The molecule has 1 aromatic rings. The Balaban J connectivity index is 2.78. The molecule has 1 atom stereocenters. The Kier molecular flexibility index (Phi) is 4.85. The van der Waals surface area contributed by atoms with Crippen LogP contribution in [0.15, 0.2) is 11.1 Å². The number of hydrogen-bond acceptors (Lipinski definition) is 3. The summed E-state index contributed by atoms with van der Waals surface area (Å²) in [6.07, 6.45) is 2.28. The van der Waals surface area contributed by atoms with Crippen molar-refractivity contribution in [3.63, 3.8) is 0 Å². The second kappa shape index (κ2) is 5.69. The number of halogens is 2. The van der Waals surface area contributed by atoms with E-state index < -0.39 is 0 Å². The smallest absolute Gasteiger partial charge is 0.266 e. The Morgan fingerprint density at radius 1 is 1.73 bits per heavy atom. The Bertz CT molecular complexity index is 380. The van der Waals surface area contributed by atoms with Crippen LogP contribution in [0, 0.1) is 3.57 Å². The van der Waals surface area contributed by atoms with Crippen molar-refractivity contribution in [1.82, 2.24) is 9.97 Å². The molecule has 0 aliphatic carbocycles. The fourth-order valence-electron chi connectivity index (χ4n) is 1.12. The largest absolute Gasteiger partial charge is 0.359 e. The number of nitrogens with one attached hydrogen (secondary N) is 1. The van der Waals surface area contributed by atoms with Gasteiger partial charge < -0.3 is 9.88 Å². The fourth-order valence-corrected chi connectivity index (χ4v) is 1.92. The molecule has 0 spiro atoms. The van der Waals surface area contributed by atoms with E-state index in [1.54, 1.807) is 0 Å². The second-order valence-corrected chi connectivity index (χ2v) is 5.18. The summed E-state index contributed by atoms with van der Waals surface area (Å²) in [6.45, 7) is 2.74. The molecule has 0 bridgehead atoms. The molecule has 0 radical (unpaired) electrons. The lowest BCUT2D eigenvalue weighted by Crippen LogP contribution is -2.25. The van der Waals surface area contributed by atoms with Crippen molar-refractivity contribution in [2.75, 3.05) is 18.5 Å². The number of aromatic amines is 1. The van der Waals surface area contributed by atoms with Gasteiger partial charge in [-0.3, -0.25) is 4.79 Å². The van der Waals surface area contributed by atoms with Crippen molar-refractivity contribution in [2.45, 2.75) is 18.7 Å². The molecular weight excluding hydrogens is 328 g/mol. The minimum atomic E-state index is -0.105. The number of aromatic nitrogens is 2. The van der Waals surface area contributed by atoms with Crippen molar-refractivity contribution < 1.29 is 0 Å². The minimum Gasteiger partial charge on any atom is -0.359 e. The predicted molar refractivity (Wildman–Crippen MR) is 70.8 cm³/mol. The van der Waals surface area contributed by atoms with Gasteiger partial charge in [0.25, 0.3) is 5.56 Å². The maximum Gasteiger partial charge on any atom is 0.266 e. The summed E-state index contributed by atoms with van der Waals surface area (Å²) in [7, 11) is 1.91. The first kappa shape index (κ1) is 12.8. The van der Waals surface area contributed by atoms with Gasteiger partial charge in [-0.1, -0.05) is 0 Å². The monoisotopic (exact) mass is 341 g/mol. The second-order valence-electron chi connectivity index (χ2n) is 3.36. The maximum atomic E-state index is 11.3. The first-order valence-corrected chi connectivity index (χ1v) is 6.12. The van der Waals surface area contributed by atoms with Gasteiger partial charge in [-0.2, -0.15) is 0 Å². The Morgan fingerprint density at radius 2 is 2.40 bits per heavy atom. The molecule has 1 rings (SSSR count). The number of alkyl halides is 1. The van der Waals surface area contributed by atoms with Gasteiger partial charge in [0.1, 0.15) is 9.39 Å². The first-order chi connectivity index (χ1) is 7.02. The average molecular weight is 342 g/mol. The molecule has 15 heavy (non-hydrogen) atoms. The van der Waals surface area contributed by atoms with Crippen LogP contribution in [0.4, 0.5) is 5.82 Å². The molecule has 4 nitrogen and oxygen atoms in total. The van der Waals surface area contributed by atoms with E-state index in [1.165, 1.54) is 6.33 Å². The molecule has 0 aromatic carbocycles. The van der Waals surface area contributed by atoms with Gasteiger partial charge in [0, 0.05) is 19.0 Å². The zero-order valence-electron chi connectivity index (χ0n) is 8.63. The quantitative estimate of drug-likeness (QED) is 0.671. The van der Waals surface area contributed by atoms with Gasteiger partial charge >= 0.3 is 0 Å². The summed E-state index contributed by atoms with van der Waals surface area (Å²) in [5, 5.41) is 0.132. The van der Waals surface area contributed by atoms with Crippen molar-refractivity contribution >= 4 is 40.0 Å². The highest BCUT2D eigenvalue weighted by atomic mass is 127. The summed E-state index contributed by atoms with van der Waals surface area (Å²) in [5.74, 6) is 0.705. The molecule has 1 unspecified atom stereocenters. The molecule has 6 heteroatoms. The number of anilines is 1. The average Bonchev–Trinajstić information content (AvgIpc) is 2.18. The third kappa shape index (κ3) is 3.64. The molecule has 1 aromatic heterocycles. The van der Waals surface area contributed by atoms with E-state index >= 15 is 0 Å². The molecule has 1 N–H and O–H groups in total. The van der Waals surface area contributed by atoms with E-state index in [1.807, 2.05) is 41.5 Å². The van der Waals surface area contributed by atoms with Crippen molar-refractivity contribution in [2.24, 2.45) is 0 Å². The molecule has 0 saturated heterocycles. The molecule has 1 heterocycles. The van der Waals surface area contributed by atoms with Crippen LogP contribution < -0.4 is 10.5 Å². The summed E-state index contributed by atoms with van der Waals surface area (Å²) < 4.78 is 0.611. The number of rotatable bonds is 4. The van der Waals surface area contributed by atoms with Crippen molar-refractivity contribution in [3.05, 3.63) is 20.3 Å². The Labute approximate surface area is 107 Å². The van der Waals surface area contributed by atoms with Crippen LogP contribution in [-0.4, -0.2) is 28.9 Å². The lowest BCUT2D eigenvalue weighted by molar-refractivity contribution is 0.761. The van der Waals surface area contributed by atoms with Crippen molar-refractivity contribution in [3.8, 4) is 0 Å². The van der Waals surface area contributed by atoms with Crippen LogP contribution >= 0.6 is 34.2 Å². The number of hydrogen-bond donors (Lipinski definition) is 1. The van der Waals surface area contributed by atoms with Gasteiger partial charge in [-0.25, -0.2) is 4.98 Å². The lowest BCUT2D eigenvalue weighted by Gasteiger charge is -2.19. The van der Waals surface area contributed by atoms with E-state index in [2.05, 4.69) is 9.97 Å². The summed E-state index contributed by atoms with van der Waals surface area (Å²) >= 11 is 7.86. The highest BCUT2D eigenvalue weighted by Crippen LogP contribution is 2.14. The van der Waals surface area contributed by atoms with Crippen LogP contribution in [0.2, 0.25) is 0 Å².